The Hall–Kier alpha value is -4.59. The summed E-state index contributed by atoms with van der Waals surface area (Å²) in [6, 6.07) is 12.7. The number of benzene rings is 2. The van der Waals surface area contributed by atoms with Crippen LogP contribution in [0.1, 0.15) is 41.0 Å². The van der Waals surface area contributed by atoms with Crippen molar-refractivity contribution < 1.29 is 38.1 Å². The number of hydrogen-bond donors (Lipinski definition) is 0. The first kappa shape index (κ1) is 30.4. The fourth-order valence-corrected chi connectivity index (χ4v) is 2.50. The average molecular weight is 509 g/mol. The summed E-state index contributed by atoms with van der Waals surface area (Å²) in [6.45, 7) is 15.2. The number of carbonyl (C=O) groups excluding carboxylic acids is 3. The third-order valence-electron chi connectivity index (χ3n) is 4.29. The van der Waals surface area contributed by atoms with Gasteiger partial charge in [-0.1, -0.05) is 33.6 Å². The zero-order chi connectivity index (χ0) is 27.6. The molecule has 2 aromatic rings. The first-order valence-corrected chi connectivity index (χ1v) is 11.5. The number of carbonyl (C=O) groups is 3. The molecule has 0 spiro atoms. The lowest BCUT2D eigenvalue weighted by Gasteiger charge is -2.08. The molecule has 0 radical (unpaired) electrons. The van der Waals surface area contributed by atoms with Crippen LogP contribution in [0.4, 0.5) is 0 Å². The molecule has 0 amide bonds. The predicted molar refractivity (Wildman–Crippen MR) is 140 cm³/mol. The Morgan fingerprint density at radius 2 is 1.22 bits per heavy atom. The van der Waals surface area contributed by atoms with Crippen molar-refractivity contribution >= 4 is 17.9 Å². The van der Waals surface area contributed by atoms with Gasteiger partial charge in [0.2, 0.25) is 0 Å². The summed E-state index contributed by atoms with van der Waals surface area (Å²) in [5.41, 5.74) is 0.616. The van der Waals surface area contributed by atoms with Gasteiger partial charge in [0.05, 0.1) is 31.5 Å². The van der Waals surface area contributed by atoms with E-state index in [0.29, 0.717) is 30.1 Å². The Morgan fingerprint density at radius 3 is 1.65 bits per heavy atom. The molecule has 0 N–H and O–H groups in total. The zero-order valence-electron chi connectivity index (χ0n) is 21.4. The Balaban J connectivity index is 0.00000334. The van der Waals surface area contributed by atoms with Crippen LogP contribution in [0.15, 0.2) is 98.0 Å². The minimum absolute atomic E-state index is 0.0334. The fraction of sp³-hybridized carbons (Fsp3) is 0.207. The Labute approximate surface area is 217 Å². The lowest BCUT2D eigenvalue weighted by Crippen LogP contribution is -2.07. The Bertz CT molecular complexity index is 1100. The second kappa shape index (κ2) is 16.9. The van der Waals surface area contributed by atoms with Gasteiger partial charge < -0.3 is 23.7 Å². The molecular weight excluding hydrogens is 476 g/mol. The molecule has 37 heavy (non-hydrogen) atoms. The van der Waals surface area contributed by atoms with Crippen LogP contribution in [0.3, 0.4) is 0 Å². The number of methoxy groups -OCH3 is 1. The van der Waals surface area contributed by atoms with Gasteiger partial charge in [0.25, 0.3) is 0 Å². The van der Waals surface area contributed by atoms with Gasteiger partial charge in [-0.15, -0.1) is 0 Å². The van der Waals surface area contributed by atoms with Crippen LogP contribution in [-0.2, 0) is 19.0 Å². The summed E-state index contributed by atoms with van der Waals surface area (Å²) in [5, 5.41) is 0. The lowest BCUT2D eigenvalue weighted by atomic mass is 10.2. The van der Waals surface area contributed by atoms with Crippen LogP contribution < -0.4 is 9.47 Å². The van der Waals surface area contributed by atoms with Gasteiger partial charge in [-0.25, -0.2) is 14.4 Å². The summed E-state index contributed by atoms with van der Waals surface area (Å²) < 4.78 is 25.7. The molecule has 0 atom stereocenters. The van der Waals surface area contributed by atoms with Crippen molar-refractivity contribution in [2.24, 2.45) is 0 Å². The molecule has 0 saturated carbocycles. The van der Waals surface area contributed by atoms with E-state index in [4.69, 9.17) is 23.7 Å². The third kappa shape index (κ3) is 11.6. The number of hydrogen-bond acceptors (Lipinski definition) is 8. The number of esters is 3. The lowest BCUT2D eigenvalue weighted by molar-refractivity contribution is -0.137. The Morgan fingerprint density at radius 1 is 0.757 bits per heavy atom. The highest BCUT2D eigenvalue weighted by molar-refractivity contribution is 5.91. The molecule has 2 aromatic carbocycles. The maximum atomic E-state index is 12.3. The number of allylic oxidation sites excluding steroid dienone is 2. The van der Waals surface area contributed by atoms with E-state index in [9.17, 15) is 14.4 Å². The molecule has 8 nitrogen and oxygen atoms in total. The zero-order valence-corrected chi connectivity index (χ0v) is 21.4. The van der Waals surface area contributed by atoms with Crippen LogP contribution in [0.5, 0.6) is 11.5 Å². The highest BCUT2D eigenvalue weighted by atomic mass is 16.5. The molecule has 0 aliphatic carbocycles. The predicted octanol–water partition coefficient (Wildman–Crippen LogP) is 5.82. The van der Waals surface area contributed by atoms with Crippen LogP contribution in [0.2, 0.25) is 0 Å². The van der Waals surface area contributed by atoms with E-state index >= 15 is 0 Å². The second-order valence-corrected chi connectivity index (χ2v) is 6.87. The van der Waals surface area contributed by atoms with Gasteiger partial charge in [0.1, 0.15) is 23.0 Å². The molecule has 0 aliphatic rings. The van der Waals surface area contributed by atoms with Crippen molar-refractivity contribution in [1.29, 1.82) is 0 Å². The van der Waals surface area contributed by atoms with Crippen molar-refractivity contribution in [3.05, 3.63) is 109 Å². The first-order chi connectivity index (χ1) is 17.8. The normalized spacial score (nSPS) is 9.81. The minimum atomic E-state index is -0.622. The van der Waals surface area contributed by atoms with Crippen molar-refractivity contribution in [3.8, 4) is 11.5 Å². The number of ether oxygens (including phenoxy) is 5. The monoisotopic (exact) mass is 508 g/mol. The van der Waals surface area contributed by atoms with E-state index in [-0.39, 0.29) is 23.7 Å². The van der Waals surface area contributed by atoms with Gasteiger partial charge in [-0.3, -0.25) is 0 Å². The van der Waals surface area contributed by atoms with Crippen molar-refractivity contribution in [2.75, 3.05) is 20.3 Å². The largest absolute Gasteiger partial charge is 0.497 e. The molecule has 0 fully saturated rings. The van der Waals surface area contributed by atoms with E-state index in [1.54, 1.807) is 48.5 Å². The summed E-state index contributed by atoms with van der Waals surface area (Å²) in [4.78, 5) is 35.4. The topological polar surface area (TPSA) is 97.4 Å². The second-order valence-electron chi connectivity index (χ2n) is 6.87. The molecule has 0 heterocycles. The molecule has 0 saturated heterocycles. The maximum Gasteiger partial charge on any atom is 0.343 e. The molecule has 196 valence electrons. The summed E-state index contributed by atoms with van der Waals surface area (Å²) in [7, 11) is 1.53. The summed E-state index contributed by atoms with van der Waals surface area (Å²) in [5.74, 6) is -0.457. The molecule has 0 unspecified atom stereocenters. The third-order valence-corrected chi connectivity index (χ3v) is 4.29. The molecule has 0 bridgehead atoms. The highest BCUT2D eigenvalue weighted by Crippen LogP contribution is 2.16. The molecular formula is C29H32O8. The van der Waals surface area contributed by atoms with Gasteiger partial charge >= 0.3 is 17.9 Å². The van der Waals surface area contributed by atoms with Crippen LogP contribution in [0, 0.1) is 0 Å². The molecule has 8 heteroatoms. The summed E-state index contributed by atoms with van der Waals surface area (Å²) >= 11 is 0. The minimum Gasteiger partial charge on any atom is -0.497 e. The van der Waals surface area contributed by atoms with E-state index in [1.165, 1.54) is 19.3 Å². The molecule has 0 aliphatic heterocycles. The highest BCUT2D eigenvalue weighted by Gasteiger charge is 2.10. The maximum absolute atomic E-state index is 12.3. The van der Waals surface area contributed by atoms with Gasteiger partial charge in [0, 0.05) is 12.5 Å². The van der Waals surface area contributed by atoms with Crippen LogP contribution in [-0.4, -0.2) is 38.2 Å². The van der Waals surface area contributed by atoms with Crippen molar-refractivity contribution in [1.82, 2.24) is 0 Å². The van der Waals surface area contributed by atoms with Crippen molar-refractivity contribution in [3.63, 3.8) is 0 Å². The molecule has 2 rings (SSSR count). The smallest absolute Gasteiger partial charge is 0.343 e. The van der Waals surface area contributed by atoms with E-state index in [2.05, 4.69) is 19.7 Å². The van der Waals surface area contributed by atoms with Crippen LogP contribution in [0.25, 0.3) is 0 Å². The average Bonchev–Trinajstić information content (AvgIpc) is 2.93. The SMILES string of the molecule is C=CC(=O)OCCCOc1ccc(C(=O)OC(=C)/C=C\C(=C)OC(=O)c2ccc(OC)cc2)cc1.CC. The van der Waals surface area contributed by atoms with E-state index in [0.717, 1.165) is 6.08 Å². The van der Waals surface area contributed by atoms with Gasteiger partial charge in [-0.05, 0) is 60.7 Å². The van der Waals surface area contributed by atoms with Crippen LogP contribution >= 0.6 is 0 Å². The van der Waals surface area contributed by atoms with Gasteiger partial charge in [-0.2, -0.15) is 0 Å². The van der Waals surface area contributed by atoms with E-state index < -0.39 is 17.9 Å². The standard InChI is InChI=1S/C27H26O8.C2H6/c1-5-25(28)33-18-6-17-32-24-15-11-22(12-16-24)27(30)35-20(3)8-7-19(2)34-26(29)21-9-13-23(31-4)14-10-21;1-2/h5,7-16H,1-3,6,17-18H2,4H3;1-2H3/b8-7-;. The van der Waals surface area contributed by atoms with Gasteiger partial charge in [0.15, 0.2) is 0 Å². The Kier molecular flexibility index (Phi) is 13.9. The van der Waals surface area contributed by atoms with Crippen molar-refractivity contribution in [2.45, 2.75) is 20.3 Å². The number of rotatable bonds is 13. The first-order valence-electron chi connectivity index (χ1n) is 11.5. The quantitative estimate of drug-likeness (QED) is 0.0834. The summed E-state index contributed by atoms with van der Waals surface area (Å²) in [6.07, 6.45) is 4.33. The fourth-order valence-electron chi connectivity index (χ4n) is 2.50. The molecule has 0 aromatic heterocycles. The van der Waals surface area contributed by atoms with E-state index in [1.807, 2.05) is 13.8 Å².